The van der Waals surface area contributed by atoms with Gasteiger partial charge in [0.15, 0.2) is 17.7 Å². The third-order valence-electron chi connectivity index (χ3n) is 7.93. The first-order valence-electron chi connectivity index (χ1n) is 14.3. The molecule has 2 fully saturated rings. The van der Waals surface area contributed by atoms with Gasteiger partial charge >= 0.3 is 0 Å². The number of fused-ring (bicyclic) bond motifs is 1. The van der Waals surface area contributed by atoms with Crippen LogP contribution in [0.3, 0.4) is 0 Å². The topological polar surface area (TPSA) is 99.9 Å². The number of nitrogen functional groups attached to an aromatic ring is 1. The van der Waals surface area contributed by atoms with Crippen LogP contribution < -0.4 is 5.73 Å². The highest BCUT2D eigenvalue weighted by Crippen LogP contribution is 2.44. The number of anilines is 1. The average Bonchev–Trinajstić information content (AvgIpc) is 3.68. The molecule has 1 aliphatic carbocycles. The number of hydrogen-bond acceptors (Lipinski definition) is 7. The van der Waals surface area contributed by atoms with Crippen molar-refractivity contribution < 1.29 is 0 Å². The summed E-state index contributed by atoms with van der Waals surface area (Å²) in [6, 6.07) is 26.6. The highest BCUT2D eigenvalue weighted by molar-refractivity contribution is 5.84. The van der Waals surface area contributed by atoms with E-state index in [0.29, 0.717) is 11.6 Å². The number of pyridine rings is 2. The fourth-order valence-corrected chi connectivity index (χ4v) is 5.69. The van der Waals surface area contributed by atoms with Crippen molar-refractivity contribution >= 4 is 17.0 Å². The lowest BCUT2D eigenvalue weighted by atomic mass is 10.1. The van der Waals surface area contributed by atoms with Crippen molar-refractivity contribution in [2.75, 3.05) is 25.4 Å². The smallest absolute Gasteiger partial charge is 0.179 e. The van der Waals surface area contributed by atoms with Crippen LogP contribution in [0, 0.1) is 11.5 Å². The number of nitriles is 1. The van der Waals surface area contributed by atoms with Crippen molar-refractivity contribution in [3.63, 3.8) is 0 Å². The van der Waals surface area contributed by atoms with E-state index in [9.17, 15) is 5.26 Å². The van der Waals surface area contributed by atoms with Gasteiger partial charge in [-0.15, -0.1) is 0 Å². The summed E-state index contributed by atoms with van der Waals surface area (Å²) in [4.78, 5) is 18.8. The molecule has 3 aromatic heterocycles. The molecule has 0 bridgehead atoms. The predicted molar refractivity (Wildman–Crippen MR) is 163 cm³/mol. The Balaban J connectivity index is 0.00000148. The molecule has 0 amide bonds. The van der Waals surface area contributed by atoms with Gasteiger partial charge in [0.25, 0.3) is 0 Å². The van der Waals surface area contributed by atoms with Crippen LogP contribution in [0.2, 0.25) is 0 Å². The molecule has 1 spiro atoms. The number of nitrogens with zero attached hydrogens (tertiary/aromatic N) is 7. The van der Waals surface area contributed by atoms with Crippen molar-refractivity contribution in [1.82, 2.24) is 29.3 Å². The largest absolute Gasteiger partial charge is 0.383 e. The zero-order valence-corrected chi connectivity index (χ0v) is 23.5. The molecule has 206 valence electrons. The summed E-state index contributed by atoms with van der Waals surface area (Å²) in [7, 11) is 0. The Morgan fingerprint density at radius 1 is 0.902 bits per heavy atom. The van der Waals surface area contributed by atoms with Crippen LogP contribution in [-0.4, -0.2) is 54.5 Å². The van der Waals surface area contributed by atoms with Gasteiger partial charge in [0.1, 0.15) is 11.3 Å². The Morgan fingerprint density at radius 2 is 1.68 bits per heavy atom. The zero-order valence-electron chi connectivity index (χ0n) is 23.5. The molecule has 8 heteroatoms. The van der Waals surface area contributed by atoms with Gasteiger partial charge in [0.2, 0.25) is 0 Å². The minimum Gasteiger partial charge on any atom is -0.383 e. The maximum Gasteiger partial charge on any atom is 0.179 e. The van der Waals surface area contributed by atoms with E-state index in [1.165, 1.54) is 5.56 Å². The first-order chi connectivity index (χ1) is 20.1. The molecule has 0 radical (unpaired) electrons. The Kier molecular flexibility index (Phi) is 7.12. The van der Waals surface area contributed by atoms with Crippen molar-refractivity contribution in [3.05, 3.63) is 90.6 Å². The monoisotopic (exact) mass is 542 g/mol. The number of aromatic nitrogens is 4. The van der Waals surface area contributed by atoms with Crippen LogP contribution in [0.15, 0.2) is 85.1 Å². The summed E-state index contributed by atoms with van der Waals surface area (Å²) in [5, 5.41) is 9.48. The second-order valence-corrected chi connectivity index (χ2v) is 10.5. The lowest BCUT2D eigenvalue weighted by Gasteiger charge is -2.39. The van der Waals surface area contributed by atoms with Crippen LogP contribution in [-0.2, 0) is 6.54 Å². The molecule has 2 aromatic carbocycles. The number of rotatable bonds is 5. The lowest BCUT2D eigenvalue weighted by molar-refractivity contribution is 0.0975. The minimum absolute atomic E-state index is 0.0728. The van der Waals surface area contributed by atoms with E-state index in [4.69, 9.17) is 15.7 Å². The SMILES string of the molecule is CC.N#CN1CCN(Cc2ccc(-n3c(-c4cccnc4N)nc4ccc(-c5ccccc5)nc43)cc2)CC12CC2. The zero-order chi connectivity index (χ0) is 28.4. The summed E-state index contributed by atoms with van der Waals surface area (Å²) in [5.74, 6) is 1.14. The van der Waals surface area contributed by atoms with E-state index in [-0.39, 0.29) is 5.54 Å². The molecule has 41 heavy (non-hydrogen) atoms. The minimum atomic E-state index is 0.0728. The molecular formula is C33H34N8. The van der Waals surface area contributed by atoms with Crippen LogP contribution in [0.4, 0.5) is 5.82 Å². The average molecular weight is 543 g/mol. The van der Waals surface area contributed by atoms with Gasteiger partial charge in [-0.1, -0.05) is 56.3 Å². The van der Waals surface area contributed by atoms with Gasteiger partial charge in [-0.25, -0.2) is 15.0 Å². The number of imidazole rings is 1. The Morgan fingerprint density at radius 3 is 2.39 bits per heavy atom. The summed E-state index contributed by atoms with van der Waals surface area (Å²) >= 11 is 0. The molecule has 0 atom stereocenters. The Bertz CT molecular complexity index is 1700. The Hall–Kier alpha value is -4.74. The van der Waals surface area contributed by atoms with Gasteiger partial charge in [0.05, 0.1) is 16.8 Å². The normalized spacial score (nSPS) is 15.8. The molecular weight excluding hydrogens is 508 g/mol. The van der Waals surface area contributed by atoms with Crippen molar-refractivity contribution in [2.45, 2.75) is 38.8 Å². The summed E-state index contributed by atoms with van der Waals surface area (Å²) in [6.07, 6.45) is 6.31. The molecule has 8 nitrogen and oxygen atoms in total. The van der Waals surface area contributed by atoms with E-state index in [2.05, 4.69) is 57.0 Å². The fraction of sp³-hybridized carbons (Fsp3) is 0.273. The quantitative estimate of drug-likeness (QED) is 0.277. The summed E-state index contributed by atoms with van der Waals surface area (Å²) < 4.78 is 2.07. The standard InChI is InChI=1S/C31H28N8.C2H6/c32-21-38-18-17-37(20-31(38)14-15-31)19-22-8-10-24(11-9-22)39-29(25-7-4-16-34-28(25)33)36-27-13-12-26(35-30(27)39)23-5-2-1-3-6-23;1-2/h1-13,16H,14-15,17-20H2,(H2,33,34);1-2H3. The Labute approximate surface area is 240 Å². The van der Waals surface area contributed by atoms with E-state index < -0.39 is 0 Å². The molecule has 2 N–H and O–H groups in total. The number of nitrogens with two attached hydrogens (primary N) is 1. The van der Waals surface area contributed by atoms with Crippen LogP contribution >= 0.6 is 0 Å². The molecule has 1 aliphatic heterocycles. The first-order valence-corrected chi connectivity index (χ1v) is 14.3. The third-order valence-corrected chi connectivity index (χ3v) is 7.93. The van der Waals surface area contributed by atoms with E-state index >= 15 is 0 Å². The second kappa shape index (κ2) is 11.0. The first kappa shape index (κ1) is 26.5. The van der Waals surface area contributed by atoms with Crippen molar-refractivity contribution in [1.29, 1.82) is 5.26 Å². The van der Waals surface area contributed by atoms with Gasteiger partial charge in [0, 0.05) is 43.6 Å². The number of piperazine rings is 1. The second-order valence-electron chi connectivity index (χ2n) is 10.5. The molecule has 5 aromatic rings. The number of benzene rings is 2. The van der Waals surface area contributed by atoms with Crippen molar-refractivity contribution in [2.24, 2.45) is 0 Å². The molecule has 4 heterocycles. The van der Waals surface area contributed by atoms with Crippen molar-refractivity contribution in [3.8, 4) is 34.5 Å². The van der Waals surface area contributed by atoms with E-state index in [0.717, 1.165) is 72.7 Å². The van der Waals surface area contributed by atoms with Crippen LogP contribution in [0.25, 0.3) is 39.5 Å². The molecule has 7 rings (SSSR count). The van der Waals surface area contributed by atoms with Gasteiger partial charge < -0.3 is 10.6 Å². The van der Waals surface area contributed by atoms with E-state index in [1.54, 1.807) is 6.20 Å². The summed E-state index contributed by atoms with van der Waals surface area (Å²) in [6.45, 7) is 7.52. The van der Waals surface area contributed by atoms with Crippen LogP contribution in [0.5, 0.6) is 0 Å². The highest BCUT2D eigenvalue weighted by Gasteiger charge is 2.51. The molecule has 0 unspecified atom stereocenters. The third kappa shape index (κ3) is 5.01. The lowest BCUT2D eigenvalue weighted by Crippen LogP contribution is -2.52. The van der Waals surface area contributed by atoms with Gasteiger partial charge in [-0.2, -0.15) is 5.26 Å². The van der Waals surface area contributed by atoms with Gasteiger partial charge in [-0.3, -0.25) is 9.47 Å². The highest BCUT2D eigenvalue weighted by atomic mass is 15.3. The molecule has 2 aliphatic rings. The molecule has 1 saturated heterocycles. The fourth-order valence-electron chi connectivity index (χ4n) is 5.69. The maximum atomic E-state index is 9.48. The van der Waals surface area contributed by atoms with Gasteiger partial charge in [-0.05, 0) is 54.8 Å². The maximum absolute atomic E-state index is 9.48. The van der Waals surface area contributed by atoms with E-state index in [1.807, 2.05) is 61.2 Å². The molecule has 1 saturated carbocycles. The number of hydrogen-bond donors (Lipinski definition) is 1. The summed E-state index contributed by atoms with van der Waals surface area (Å²) in [5.41, 5.74) is 12.8. The van der Waals surface area contributed by atoms with Crippen LogP contribution in [0.1, 0.15) is 32.3 Å². The predicted octanol–water partition coefficient (Wildman–Crippen LogP) is 5.89.